The predicted molar refractivity (Wildman–Crippen MR) is 269 cm³/mol. The van der Waals surface area contributed by atoms with Gasteiger partial charge in [0.2, 0.25) is 23.6 Å². The van der Waals surface area contributed by atoms with Crippen LogP contribution in [0.15, 0.2) is 34.9 Å². The number of H-pyrrole nitrogens is 2. The third kappa shape index (κ3) is 12.7. The smallest absolute Gasteiger partial charge is 0.387 e. The van der Waals surface area contributed by atoms with Crippen molar-refractivity contribution in [3.05, 3.63) is 46.0 Å². The molecule has 0 aromatic carbocycles. The van der Waals surface area contributed by atoms with Crippen molar-refractivity contribution < 1.29 is 108 Å². The molecule has 450 valence electrons. The number of anilines is 3. The first kappa shape index (κ1) is 60.9. The molecule has 1 amide bonds. The molecule has 3 aliphatic heterocycles. The van der Waals surface area contributed by atoms with Crippen molar-refractivity contribution in [1.29, 1.82) is 0 Å². The second kappa shape index (κ2) is 23.1. The van der Waals surface area contributed by atoms with Crippen LogP contribution in [0.1, 0.15) is 39.0 Å². The van der Waals surface area contributed by atoms with Crippen LogP contribution in [0.2, 0.25) is 0 Å². The highest BCUT2D eigenvalue weighted by Gasteiger charge is 2.54. The molecule has 3 fully saturated rings. The number of carbonyl (C=O) groups excluding carboxylic acids is 1. The number of nitrogens with two attached hydrogens (primary N) is 3. The van der Waals surface area contributed by atoms with Gasteiger partial charge in [-0.25, -0.2) is 42.8 Å². The van der Waals surface area contributed by atoms with Crippen LogP contribution in [-0.4, -0.2) is 188 Å². The highest BCUT2D eigenvalue weighted by Crippen LogP contribution is 2.68. The molecule has 0 bridgehead atoms. The van der Waals surface area contributed by atoms with E-state index in [0.29, 0.717) is 0 Å². The molecule has 3 saturated heterocycles. The number of nitrogens with one attached hydrogen (secondary N) is 2. The van der Waals surface area contributed by atoms with Crippen molar-refractivity contribution in [2.75, 3.05) is 51.1 Å². The van der Waals surface area contributed by atoms with E-state index in [-0.39, 0.29) is 51.2 Å². The standard InChI is InChI=1S/C38H54N16O24P4/c1-14(2)72-27-26(76-79(61,62)69-8-17-24(57)25(58)35(74-17)53-12-45-21-30(53)46-37(40)48-32(21)59)18(75-36(27)52-11-44-20-28(39)42-10-43-29(20)52)9-71-81(65,66)78-82(67,68)77-80(63,64)70-7-16-15(6-19(55)50(3)4)23(56)34(73-16)54-13-51(5)22-31(54)47-38(41)49-33(22)60/h10-18,23-27,34-36,56-58H,6-9H2,1-5H3,(H11-,39,40,41,42,43,46,47,48,49,59,60,61,62,63,64,65,66,67,68)/p+1/t15-,16-,17-,18-,23-,24-,25-,26-,27-,34?,35-,36-/m1/s1. The zero-order chi connectivity index (χ0) is 59.7. The molecule has 16 atom stereocenters. The number of phosphoric ester groups is 3. The number of carbonyl (C=O) groups is 1. The first-order chi connectivity index (χ1) is 38.3. The summed E-state index contributed by atoms with van der Waals surface area (Å²) in [5, 5.41) is 33.4. The summed E-state index contributed by atoms with van der Waals surface area (Å²) in [7, 11) is -19.4. The fourth-order valence-corrected chi connectivity index (χ4v) is 13.7. The molecule has 44 heteroatoms. The maximum atomic E-state index is 13.9. The van der Waals surface area contributed by atoms with Gasteiger partial charge in [-0.15, -0.1) is 0 Å². The summed E-state index contributed by atoms with van der Waals surface area (Å²) in [6, 6.07) is 0. The SMILES string of the molecule is CC(C)O[C@@H]1[C@H](OP(=O)(O)OC[C@H]2O[C@@H](n3cnc4c(=O)[nH]c(N)nc43)[C@H](O)[C@@H]2O)[C@@H](COP(=O)(O)OP(=O)(O)OP(=O)(O)OC[C@H]2OC([n+]3cn(C)c4c(=O)[nH]c(N)nc43)[C@H](O)[C@@H]2CC(=O)N(C)C)O[C@H]1n1cnc2c(N)ncnc21. The summed E-state index contributed by atoms with van der Waals surface area (Å²) in [5.74, 6) is -2.51. The van der Waals surface area contributed by atoms with Crippen LogP contribution in [0.3, 0.4) is 0 Å². The third-order valence-corrected chi connectivity index (χ3v) is 18.0. The molecule has 6 aromatic rings. The van der Waals surface area contributed by atoms with Gasteiger partial charge in [0, 0.05) is 26.4 Å². The van der Waals surface area contributed by atoms with Gasteiger partial charge in [-0.3, -0.25) is 56.1 Å². The number of aliphatic hydroxyl groups is 3. The maximum Gasteiger partial charge on any atom is 0.490 e. The van der Waals surface area contributed by atoms with Crippen molar-refractivity contribution in [2.45, 2.75) is 93.9 Å². The maximum absolute atomic E-state index is 13.9. The van der Waals surface area contributed by atoms with E-state index in [4.69, 9.17) is 54.2 Å². The lowest BCUT2D eigenvalue weighted by atomic mass is 9.94. The summed E-state index contributed by atoms with van der Waals surface area (Å²) in [6.45, 7) is -0.251. The van der Waals surface area contributed by atoms with Gasteiger partial charge in [0.25, 0.3) is 17.1 Å². The van der Waals surface area contributed by atoms with Gasteiger partial charge < -0.3 is 75.9 Å². The molecule has 0 saturated carbocycles. The molecule has 0 spiro atoms. The van der Waals surface area contributed by atoms with E-state index >= 15 is 0 Å². The van der Waals surface area contributed by atoms with Crippen molar-refractivity contribution >= 4 is 88.4 Å². The van der Waals surface area contributed by atoms with Crippen molar-refractivity contribution in [1.82, 2.24) is 58.5 Å². The number of nitrogens with zero attached hydrogens (tertiary/aromatic N) is 11. The molecule has 82 heavy (non-hydrogen) atoms. The van der Waals surface area contributed by atoms with Crippen LogP contribution in [0.4, 0.5) is 17.7 Å². The minimum atomic E-state index is -6.25. The highest BCUT2D eigenvalue weighted by atomic mass is 31.3. The van der Waals surface area contributed by atoms with Crippen molar-refractivity contribution in [3.8, 4) is 0 Å². The van der Waals surface area contributed by atoms with E-state index in [2.05, 4.69) is 48.5 Å². The second-order valence-electron chi connectivity index (χ2n) is 19.1. The Morgan fingerprint density at radius 2 is 1.32 bits per heavy atom. The Balaban J connectivity index is 0.897. The Morgan fingerprint density at radius 3 is 1.98 bits per heavy atom. The molecule has 15 N–H and O–H groups in total. The van der Waals surface area contributed by atoms with Gasteiger partial charge in [0.15, 0.2) is 41.4 Å². The molecule has 0 aliphatic carbocycles. The average molecular weight is 1240 g/mol. The highest BCUT2D eigenvalue weighted by molar-refractivity contribution is 7.66. The Morgan fingerprint density at radius 1 is 0.732 bits per heavy atom. The van der Waals surface area contributed by atoms with E-state index in [1.165, 1.54) is 59.9 Å². The molecule has 9 heterocycles. The van der Waals surface area contributed by atoms with Crippen molar-refractivity contribution in [2.24, 2.45) is 13.0 Å². The summed E-state index contributed by atoms with van der Waals surface area (Å²) in [4.78, 5) is 111. The largest absolute Gasteiger partial charge is 0.490 e. The van der Waals surface area contributed by atoms with Gasteiger partial charge in [0.1, 0.15) is 54.6 Å². The lowest BCUT2D eigenvalue weighted by Gasteiger charge is -2.28. The van der Waals surface area contributed by atoms with Crippen LogP contribution in [0.5, 0.6) is 0 Å². The summed E-state index contributed by atoms with van der Waals surface area (Å²) in [6.07, 6.45) is -14.7. The average Bonchev–Trinajstić information content (AvgIpc) is 4.42. The number of rotatable bonds is 22. The monoisotopic (exact) mass is 1240 g/mol. The number of amides is 1. The Hall–Kier alpha value is -5.64. The van der Waals surface area contributed by atoms with Gasteiger partial charge in [-0.05, 0) is 13.8 Å². The van der Waals surface area contributed by atoms with E-state index < -0.39 is 154 Å². The topological polar surface area (TPSA) is 562 Å². The third-order valence-electron chi connectivity index (χ3n) is 12.8. The summed E-state index contributed by atoms with van der Waals surface area (Å²) >= 11 is 0. The number of hydrogen-bond acceptors (Lipinski definition) is 29. The van der Waals surface area contributed by atoms with Gasteiger partial charge in [-0.2, -0.15) is 13.6 Å². The zero-order valence-electron chi connectivity index (χ0n) is 43.2. The number of phosphoric acid groups is 4. The number of hydrogen-bond donors (Lipinski definition) is 12. The molecule has 3 aliphatic rings. The normalized spacial score (nSPS) is 28.9. The number of aryl methyl sites for hydroxylation is 1. The molecule has 5 unspecified atom stereocenters. The molecule has 0 radical (unpaired) electrons. The zero-order valence-corrected chi connectivity index (χ0v) is 46.7. The number of ether oxygens (including phenoxy) is 4. The lowest BCUT2D eigenvalue weighted by molar-refractivity contribution is -0.745. The lowest BCUT2D eigenvalue weighted by Crippen LogP contribution is -2.45. The number of aliphatic hydroxyl groups excluding tert-OH is 3. The number of nitrogen functional groups attached to an aromatic ring is 3. The van der Waals surface area contributed by atoms with Crippen LogP contribution in [0, 0.1) is 5.92 Å². The van der Waals surface area contributed by atoms with Crippen LogP contribution < -0.4 is 32.9 Å². The second-order valence-corrected chi connectivity index (χ2v) is 25.1. The number of aromatic amines is 2. The molecular weight excluding hydrogens is 1190 g/mol. The quantitative estimate of drug-likeness (QED) is 0.0235. The summed E-state index contributed by atoms with van der Waals surface area (Å²) in [5.41, 5.74) is 15.7. The fourth-order valence-electron chi connectivity index (χ4n) is 9.22. The first-order valence-electron chi connectivity index (χ1n) is 24.0. The van der Waals surface area contributed by atoms with Gasteiger partial charge >= 0.3 is 36.9 Å². The Kier molecular flexibility index (Phi) is 17.2. The van der Waals surface area contributed by atoms with Crippen molar-refractivity contribution in [3.63, 3.8) is 0 Å². The number of aromatic nitrogens is 12. The molecule has 40 nitrogen and oxygen atoms in total. The minimum absolute atomic E-state index is 0.00878. The van der Waals surface area contributed by atoms with E-state index in [1.54, 1.807) is 0 Å². The Bertz CT molecular complexity index is 3710. The van der Waals surface area contributed by atoms with Crippen LogP contribution in [0.25, 0.3) is 33.5 Å². The first-order valence-corrected chi connectivity index (χ1v) is 29.9. The predicted octanol–water partition coefficient (Wildman–Crippen LogP) is -3.20. The van der Waals surface area contributed by atoms with Gasteiger partial charge in [0.05, 0.1) is 51.7 Å². The minimum Gasteiger partial charge on any atom is -0.387 e. The van der Waals surface area contributed by atoms with Crippen LogP contribution in [-0.2, 0) is 75.8 Å². The number of imidazole rings is 3. The fraction of sp³-hybridized carbons (Fsp3) is 0.579. The molecular formula is C38H55N16O24P4+. The number of fused-ring (bicyclic) bond motifs is 3. The van der Waals surface area contributed by atoms with Gasteiger partial charge in [-0.1, -0.05) is 4.98 Å². The molecule has 6 aromatic heterocycles. The van der Waals surface area contributed by atoms with E-state index in [9.17, 15) is 67.5 Å². The van der Waals surface area contributed by atoms with E-state index in [0.717, 1.165) is 23.5 Å². The molecule has 9 rings (SSSR count). The van der Waals surface area contributed by atoms with E-state index in [1.807, 2.05) is 0 Å². The Labute approximate surface area is 458 Å². The summed E-state index contributed by atoms with van der Waals surface area (Å²) < 4.78 is 112. The van der Waals surface area contributed by atoms with Crippen LogP contribution >= 0.6 is 31.3 Å².